The molecule has 0 saturated carbocycles. The van der Waals surface area contributed by atoms with Crippen LogP contribution in [0.15, 0.2) is 53.4 Å². The lowest BCUT2D eigenvalue weighted by Crippen LogP contribution is -2.24. The first-order chi connectivity index (χ1) is 9.54. The van der Waals surface area contributed by atoms with Gasteiger partial charge in [0.2, 0.25) is 10.0 Å². The molecule has 0 bridgehead atoms. The monoisotopic (exact) mass is 291 g/mol. The second-order valence-electron chi connectivity index (χ2n) is 4.40. The standard InChI is InChI=1S/C15H17NO3S/c1-12-7-3-6-10-15(12)20(17,18)16-11-13-8-4-5-9-14(13)19-2/h3-10,16H,11H2,1-2H3. The van der Waals surface area contributed by atoms with E-state index in [4.69, 9.17) is 4.74 Å². The van der Waals surface area contributed by atoms with Crippen LogP contribution >= 0.6 is 0 Å². The third-order valence-corrected chi connectivity index (χ3v) is 4.59. The number of sulfonamides is 1. The summed E-state index contributed by atoms with van der Waals surface area (Å²) >= 11 is 0. The Morgan fingerprint density at radius 1 is 1.05 bits per heavy atom. The van der Waals surface area contributed by atoms with Gasteiger partial charge in [0.25, 0.3) is 0 Å². The minimum atomic E-state index is -3.52. The molecule has 0 radical (unpaired) electrons. The summed E-state index contributed by atoms with van der Waals surface area (Å²) in [7, 11) is -1.96. The lowest BCUT2D eigenvalue weighted by Gasteiger charge is -2.11. The molecule has 0 aliphatic heterocycles. The predicted octanol–water partition coefficient (Wildman–Crippen LogP) is 2.48. The Hall–Kier alpha value is -1.85. The van der Waals surface area contributed by atoms with E-state index < -0.39 is 10.0 Å². The van der Waals surface area contributed by atoms with Crippen LogP contribution in [-0.2, 0) is 16.6 Å². The minimum absolute atomic E-state index is 0.195. The van der Waals surface area contributed by atoms with Gasteiger partial charge in [-0.3, -0.25) is 0 Å². The molecular formula is C15H17NO3S. The molecule has 0 aliphatic rings. The summed E-state index contributed by atoms with van der Waals surface area (Å²) in [6.07, 6.45) is 0. The first-order valence-electron chi connectivity index (χ1n) is 6.22. The van der Waals surface area contributed by atoms with Crippen molar-refractivity contribution in [2.45, 2.75) is 18.4 Å². The molecule has 0 aliphatic carbocycles. The van der Waals surface area contributed by atoms with Crippen LogP contribution < -0.4 is 9.46 Å². The van der Waals surface area contributed by atoms with Gasteiger partial charge in [-0.05, 0) is 24.6 Å². The van der Waals surface area contributed by atoms with Crippen molar-refractivity contribution in [2.24, 2.45) is 0 Å². The maximum atomic E-state index is 12.3. The fourth-order valence-electron chi connectivity index (χ4n) is 1.96. The number of aryl methyl sites for hydroxylation is 1. The van der Waals surface area contributed by atoms with Gasteiger partial charge < -0.3 is 4.74 Å². The Labute approximate surface area is 119 Å². The summed E-state index contributed by atoms with van der Waals surface area (Å²) in [6, 6.07) is 14.2. The molecule has 0 unspecified atom stereocenters. The predicted molar refractivity (Wildman–Crippen MR) is 78.2 cm³/mol. The highest BCUT2D eigenvalue weighted by Crippen LogP contribution is 2.19. The molecule has 0 amide bonds. The number of benzene rings is 2. The highest BCUT2D eigenvalue weighted by molar-refractivity contribution is 7.89. The van der Waals surface area contributed by atoms with Crippen LogP contribution in [0.2, 0.25) is 0 Å². The average Bonchev–Trinajstić information content (AvgIpc) is 2.46. The molecule has 2 rings (SSSR count). The van der Waals surface area contributed by atoms with Crippen molar-refractivity contribution in [3.8, 4) is 5.75 Å². The zero-order valence-electron chi connectivity index (χ0n) is 11.5. The van der Waals surface area contributed by atoms with Crippen LogP contribution in [-0.4, -0.2) is 15.5 Å². The van der Waals surface area contributed by atoms with E-state index in [-0.39, 0.29) is 6.54 Å². The maximum Gasteiger partial charge on any atom is 0.241 e. The van der Waals surface area contributed by atoms with Gasteiger partial charge in [0.15, 0.2) is 0 Å². The van der Waals surface area contributed by atoms with Gasteiger partial charge in [0.05, 0.1) is 12.0 Å². The zero-order valence-corrected chi connectivity index (χ0v) is 12.3. The Morgan fingerprint density at radius 3 is 2.40 bits per heavy atom. The third-order valence-electron chi connectivity index (χ3n) is 3.03. The van der Waals surface area contributed by atoms with Crippen molar-refractivity contribution in [3.05, 3.63) is 59.7 Å². The molecule has 0 heterocycles. The Balaban J connectivity index is 2.20. The molecular weight excluding hydrogens is 274 g/mol. The summed E-state index contributed by atoms with van der Waals surface area (Å²) in [5.41, 5.74) is 1.52. The highest BCUT2D eigenvalue weighted by atomic mass is 32.2. The minimum Gasteiger partial charge on any atom is -0.496 e. The second-order valence-corrected chi connectivity index (χ2v) is 6.14. The van der Waals surface area contributed by atoms with Crippen LogP contribution in [0.5, 0.6) is 5.75 Å². The number of hydrogen-bond donors (Lipinski definition) is 1. The van der Waals surface area contributed by atoms with Gasteiger partial charge >= 0.3 is 0 Å². The van der Waals surface area contributed by atoms with Crippen molar-refractivity contribution in [1.29, 1.82) is 0 Å². The molecule has 4 nitrogen and oxygen atoms in total. The molecule has 5 heteroatoms. The summed E-state index contributed by atoms with van der Waals surface area (Å²) < 4.78 is 32.4. The molecule has 2 aromatic carbocycles. The van der Waals surface area contributed by atoms with Crippen LogP contribution in [0.1, 0.15) is 11.1 Å². The normalized spacial score (nSPS) is 11.3. The van der Waals surface area contributed by atoms with Crippen molar-refractivity contribution in [2.75, 3.05) is 7.11 Å². The van der Waals surface area contributed by atoms with Gasteiger partial charge in [-0.2, -0.15) is 0 Å². The molecule has 0 spiro atoms. The number of hydrogen-bond acceptors (Lipinski definition) is 3. The molecule has 20 heavy (non-hydrogen) atoms. The Morgan fingerprint density at radius 2 is 1.70 bits per heavy atom. The van der Waals surface area contributed by atoms with Crippen molar-refractivity contribution in [3.63, 3.8) is 0 Å². The fourth-order valence-corrected chi connectivity index (χ4v) is 3.21. The third kappa shape index (κ3) is 3.18. The van der Waals surface area contributed by atoms with Gasteiger partial charge in [0.1, 0.15) is 5.75 Å². The molecule has 2 aromatic rings. The van der Waals surface area contributed by atoms with E-state index in [9.17, 15) is 8.42 Å². The van der Waals surface area contributed by atoms with E-state index in [1.807, 2.05) is 24.3 Å². The molecule has 0 saturated heterocycles. The summed E-state index contributed by atoms with van der Waals surface area (Å²) in [5, 5.41) is 0. The molecule has 1 N–H and O–H groups in total. The smallest absolute Gasteiger partial charge is 0.241 e. The van der Waals surface area contributed by atoms with Crippen molar-refractivity contribution < 1.29 is 13.2 Å². The van der Waals surface area contributed by atoms with E-state index >= 15 is 0 Å². The molecule has 106 valence electrons. The highest BCUT2D eigenvalue weighted by Gasteiger charge is 2.16. The van der Waals surface area contributed by atoms with Crippen LogP contribution in [0.25, 0.3) is 0 Å². The SMILES string of the molecule is COc1ccccc1CNS(=O)(=O)c1ccccc1C. The second kappa shape index (κ2) is 6.07. The van der Waals surface area contributed by atoms with E-state index in [1.54, 1.807) is 38.3 Å². The number of nitrogens with one attached hydrogen (secondary N) is 1. The number of para-hydroxylation sites is 1. The average molecular weight is 291 g/mol. The summed E-state index contributed by atoms with van der Waals surface area (Å²) in [4.78, 5) is 0.301. The van der Waals surface area contributed by atoms with Crippen LogP contribution in [0.4, 0.5) is 0 Å². The van der Waals surface area contributed by atoms with Crippen LogP contribution in [0, 0.1) is 6.92 Å². The first-order valence-corrected chi connectivity index (χ1v) is 7.70. The van der Waals surface area contributed by atoms with Gasteiger partial charge in [-0.25, -0.2) is 13.1 Å². The topological polar surface area (TPSA) is 55.4 Å². The zero-order chi connectivity index (χ0) is 14.6. The van der Waals surface area contributed by atoms with Gasteiger partial charge in [-0.1, -0.05) is 36.4 Å². The Bertz CT molecular complexity index is 696. The lowest BCUT2D eigenvalue weighted by atomic mass is 10.2. The maximum absolute atomic E-state index is 12.3. The van der Waals surface area contributed by atoms with Crippen molar-refractivity contribution >= 4 is 10.0 Å². The number of ether oxygens (including phenoxy) is 1. The Kier molecular flexibility index (Phi) is 4.42. The van der Waals surface area contributed by atoms with Crippen molar-refractivity contribution in [1.82, 2.24) is 4.72 Å². The van der Waals surface area contributed by atoms with E-state index in [0.717, 1.165) is 11.1 Å². The van der Waals surface area contributed by atoms with Gasteiger partial charge in [-0.15, -0.1) is 0 Å². The fraction of sp³-hybridized carbons (Fsp3) is 0.200. The van der Waals surface area contributed by atoms with Gasteiger partial charge in [0, 0.05) is 12.1 Å². The number of methoxy groups -OCH3 is 1. The first kappa shape index (κ1) is 14.6. The largest absolute Gasteiger partial charge is 0.496 e. The summed E-state index contributed by atoms with van der Waals surface area (Å²) in [6.45, 7) is 1.97. The molecule has 0 atom stereocenters. The quantitative estimate of drug-likeness (QED) is 0.920. The van der Waals surface area contributed by atoms with E-state index in [0.29, 0.717) is 10.6 Å². The van der Waals surface area contributed by atoms with E-state index in [2.05, 4.69) is 4.72 Å². The lowest BCUT2D eigenvalue weighted by molar-refractivity contribution is 0.409. The summed E-state index contributed by atoms with van der Waals surface area (Å²) in [5.74, 6) is 0.667. The molecule has 0 fully saturated rings. The molecule has 0 aromatic heterocycles. The van der Waals surface area contributed by atoms with Crippen LogP contribution in [0.3, 0.4) is 0 Å². The van der Waals surface area contributed by atoms with E-state index in [1.165, 1.54) is 0 Å². The number of rotatable bonds is 5.